The number of aliphatic hydroxyl groups is 1. The lowest BCUT2D eigenvalue weighted by atomic mass is 10.0. The van der Waals surface area contributed by atoms with Gasteiger partial charge in [-0.2, -0.15) is 23.3 Å². The third-order valence-electron chi connectivity index (χ3n) is 3.19. The van der Waals surface area contributed by atoms with Gasteiger partial charge in [0.2, 0.25) is 0 Å². The predicted octanol–water partition coefficient (Wildman–Crippen LogP) is 3.15. The number of hydrazone groups is 1. The molecule has 0 saturated heterocycles. The number of halogens is 4. The van der Waals surface area contributed by atoms with E-state index in [2.05, 4.69) is 5.10 Å². The minimum Gasteiger partial charge on any atom is -0.362 e. The number of benzene rings is 1. The second-order valence-corrected chi connectivity index (χ2v) is 5.88. The molecule has 1 heterocycles. The van der Waals surface area contributed by atoms with E-state index in [-0.39, 0.29) is 22.7 Å². The van der Waals surface area contributed by atoms with Crippen LogP contribution in [0.4, 0.5) is 13.2 Å². The van der Waals surface area contributed by atoms with Crippen molar-refractivity contribution in [2.75, 3.05) is 0 Å². The van der Waals surface area contributed by atoms with Crippen molar-refractivity contribution in [2.24, 2.45) is 5.10 Å². The fourth-order valence-corrected chi connectivity index (χ4v) is 2.32. The van der Waals surface area contributed by atoms with Gasteiger partial charge in [0, 0.05) is 21.3 Å². The molecule has 1 aromatic carbocycles. The monoisotopic (exact) mass is 412 g/mol. The van der Waals surface area contributed by atoms with Crippen molar-refractivity contribution in [2.45, 2.75) is 31.7 Å². The van der Waals surface area contributed by atoms with Gasteiger partial charge < -0.3 is 5.11 Å². The topological polar surface area (TPSA) is 52.9 Å². The Morgan fingerprint density at radius 3 is 2.48 bits per heavy atom. The third-order valence-corrected chi connectivity index (χ3v) is 3.91. The van der Waals surface area contributed by atoms with Crippen LogP contribution in [0.5, 0.6) is 0 Å². The van der Waals surface area contributed by atoms with E-state index in [4.69, 9.17) is 0 Å². The zero-order valence-electron chi connectivity index (χ0n) is 11.0. The summed E-state index contributed by atoms with van der Waals surface area (Å²) in [4.78, 5) is 12.2. The maximum atomic E-state index is 13.1. The van der Waals surface area contributed by atoms with Crippen LogP contribution in [0.1, 0.15) is 30.1 Å². The van der Waals surface area contributed by atoms with Gasteiger partial charge in [0.25, 0.3) is 11.6 Å². The quantitative estimate of drug-likeness (QED) is 0.760. The smallest absolute Gasteiger partial charge is 0.362 e. The molecule has 1 atom stereocenters. The summed E-state index contributed by atoms with van der Waals surface area (Å²) in [5.41, 5.74) is -3.11. The normalized spacial score (nSPS) is 22.4. The van der Waals surface area contributed by atoms with Gasteiger partial charge in [0.05, 0.1) is 0 Å². The lowest BCUT2D eigenvalue weighted by molar-refractivity contribution is -0.297. The first-order valence-corrected chi connectivity index (χ1v) is 7.22. The fraction of sp³-hybridized carbons (Fsp3) is 0.385. The van der Waals surface area contributed by atoms with E-state index in [0.717, 1.165) is 3.57 Å². The van der Waals surface area contributed by atoms with Gasteiger partial charge >= 0.3 is 6.18 Å². The molecule has 1 N–H and O–H groups in total. The highest BCUT2D eigenvalue weighted by Gasteiger charge is 2.63. The molecule has 0 bridgehead atoms. The van der Waals surface area contributed by atoms with Crippen LogP contribution < -0.4 is 0 Å². The Labute approximate surface area is 132 Å². The summed E-state index contributed by atoms with van der Waals surface area (Å²) >= 11 is 2.02. The third kappa shape index (κ3) is 2.91. The van der Waals surface area contributed by atoms with Crippen LogP contribution >= 0.6 is 22.6 Å². The number of hydrogen-bond donors (Lipinski definition) is 1. The van der Waals surface area contributed by atoms with Crippen LogP contribution in [0.3, 0.4) is 0 Å². The van der Waals surface area contributed by atoms with Crippen molar-refractivity contribution in [1.29, 1.82) is 0 Å². The Balaban J connectivity index is 2.40. The molecular formula is C13H12F3IN2O2. The lowest BCUT2D eigenvalue weighted by Gasteiger charge is -2.32. The molecule has 114 valence electrons. The molecule has 0 fully saturated rings. The molecule has 0 aliphatic carbocycles. The average Bonchev–Trinajstić information content (AvgIpc) is 2.77. The molecular weight excluding hydrogens is 400 g/mol. The van der Waals surface area contributed by atoms with E-state index in [9.17, 15) is 23.1 Å². The number of carbonyl (C=O) groups excluding carboxylic acids is 1. The number of nitrogens with zero attached hydrogens (tertiary/aromatic N) is 2. The predicted molar refractivity (Wildman–Crippen MR) is 78.7 cm³/mol. The van der Waals surface area contributed by atoms with Crippen molar-refractivity contribution in [1.82, 2.24) is 5.01 Å². The highest BCUT2D eigenvalue weighted by Crippen LogP contribution is 2.41. The Kier molecular flexibility index (Phi) is 4.29. The molecule has 21 heavy (non-hydrogen) atoms. The molecule has 0 spiro atoms. The number of rotatable bonds is 2. The highest BCUT2D eigenvalue weighted by molar-refractivity contribution is 14.1. The summed E-state index contributed by atoms with van der Waals surface area (Å²) < 4.78 is 40.2. The van der Waals surface area contributed by atoms with Gasteiger partial charge in [-0.25, -0.2) is 0 Å². The van der Waals surface area contributed by atoms with Crippen molar-refractivity contribution in [3.63, 3.8) is 0 Å². The molecule has 4 nitrogen and oxygen atoms in total. The molecule has 1 amide bonds. The van der Waals surface area contributed by atoms with Crippen LogP contribution in [0, 0.1) is 3.57 Å². The van der Waals surface area contributed by atoms with Crippen molar-refractivity contribution in [3.8, 4) is 0 Å². The molecule has 0 aromatic heterocycles. The summed E-state index contributed by atoms with van der Waals surface area (Å²) in [6, 6.07) is 6.00. The Morgan fingerprint density at radius 2 is 2.00 bits per heavy atom. The van der Waals surface area contributed by atoms with Crippen LogP contribution in [-0.4, -0.2) is 33.6 Å². The summed E-state index contributed by atoms with van der Waals surface area (Å²) in [6.45, 7) is 1.62. The Bertz CT molecular complexity index is 586. The molecule has 8 heteroatoms. The Hall–Kier alpha value is -1.16. The zero-order chi connectivity index (χ0) is 15.8. The second kappa shape index (κ2) is 5.56. The minimum absolute atomic E-state index is 0.0409. The first-order valence-electron chi connectivity index (χ1n) is 6.14. The molecule has 0 radical (unpaired) electrons. The molecule has 0 saturated carbocycles. The number of alkyl halides is 3. The van der Waals surface area contributed by atoms with Gasteiger partial charge in [-0.15, -0.1) is 0 Å². The van der Waals surface area contributed by atoms with Gasteiger partial charge in [-0.3, -0.25) is 4.79 Å². The summed E-state index contributed by atoms with van der Waals surface area (Å²) in [5.74, 6) is -0.977. The van der Waals surface area contributed by atoms with Crippen LogP contribution in [0.15, 0.2) is 29.4 Å². The van der Waals surface area contributed by atoms with Crippen LogP contribution in [0.2, 0.25) is 0 Å². The minimum atomic E-state index is -4.98. The largest absolute Gasteiger partial charge is 0.438 e. The zero-order valence-corrected chi connectivity index (χ0v) is 13.1. The van der Waals surface area contributed by atoms with Crippen molar-refractivity contribution >= 4 is 34.2 Å². The average molecular weight is 412 g/mol. The molecule has 2 rings (SSSR count). The van der Waals surface area contributed by atoms with Gasteiger partial charge in [-0.1, -0.05) is 6.92 Å². The van der Waals surface area contributed by atoms with E-state index in [1.165, 1.54) is 12.1 Å². The van der Waals surface area contributed by atoms with E-state index in [0.29, 0.717) is 0 Å². The van der Waals surface area contributed by atoms with E-state index >= 15 is 0 Å². The van der Waals surface area contributed by atoms with E-state index < -0.39 is 24.2 Å². The van der Waals surface area contributed by atoms with Crippen molar-refractivity contribution < 1.29 is 23.1 Å². The first kappa shape index (κ1) is 16.2. The molecule has 1 aromatic rings. The molecule has 1 aliphatic rings. The lowest BCUT2D eigenvalue weighted by Crippen LogP contribution is -2.56. The Morgan fingerprint density at radius 1 is 1.43 bits per heavy atom. The number of amides is 1. The summed E-state index contributed by atoms with van der Waals surface area (Å²) in [5, 5.41) is 13.7. The highest BCUT2D eigenvalue weighted by atomic mass is 127. The van der Waals surface area contributed by atoms with E-state index in [1.807, 2.05) is 22.6 Å². The second-order valence-electron chi connectivity index (χ2n) is 4.63. The standard InChI is InChI=1S/C13H12F3IN2O2/c1-2-10-7-12(21,13(14,15)16)19(18-10)11(20)8-3-5-9(17)6-4-8/h3-6,21H,2,7H2,1H3/t12-/m0/s1. The molecule has 1 aliphatic heterocycles. The van der Waals surface area contributed by atoms with Gasteiger partial charge in [0.15, 0.2) is 0 Å². The van der Waals surface area contributed by atoms with Crippen LogP contribution in [-0.2, 0) is 0 Å². The summed E-state index contributed by atoms with van der Waals surface area (Å²) in [6.07, 6.45) is -5.47. The number of hydrogen-bond acceptors (Lipinski definition) is 3. The van der Waals surface area contributed by atoms with E-state index in [1.54, 1.807) is 19.1 Å². The maximum Gasteiger partial charge on any atom is 0.438 e. The van der Waals surface area contributed by atoms with Gasteiger partial charge in [-0.05, 0) is 53.3 Å². The maximum absolute atomic E-state index is 13.1. The fourth-order valence-electron chi connectivity index (χ4n) is 1.96. The summed E-state index contributed by atoms with van der Waals surface area (Å²) in [7, 11) is 0. The molecule has 0 unspecified atom stereocenters. The van der Waals surface area contributed by atoms with Crippen molar-refractivity contribution in [3.05, 3.63) is 33.4 Å². The first-order chi connectivity index (χ1) is 9.69. The SMILES string of the molecule is CCC1=NN(C(=O)c2ccc(I)cc2)[C@@](O)(C(F)(F)F)C1. The van der Waals surface area contributed by atoms with Gasteiger partial charge in [0.1, 0.15) is 0 Å². The number of carbonyl (C=O) groups is 1. The van der Waals surface area contributed by atoms with Crippen LogP contribution in [0.25, 0.3) is 0 Å².